The van der Waals surface area contributed by atoms with Crippen LogP contribution in [0.15, 0.2) is 0 Å². The normalized spacial score (nSPS) is 10.5. The molecule has 0 N–H and O–H groups in total. The number of nitrogens with zero attached hydrogens (tertiary/aromatic N) is 1. The summed E-state index contributed by atoms with van der Waals surface area (Å²) in [4.78, 5) is 5.24. The van der Waals surface area contributed by atoms with Crippen LogP contribution in [0.3, 0.4) is 0 Å². The summed E-state index contributed by atoms with van der Waals surface area (Å²) in [7, 11) is 0. The summed E-state index contributed by atoms with van der Waals surface area (Å²) in [5.74, 6) is 0. The molecule has 50 valence electrons. The molecule has 0 saturated heterocycles. The summed E-state index contributed by atoms with van der Waals surface area (Å²) in [5, 5.41) is 0. The van der Waals surface area contributed by atoms with E-state index in [0.29, 0.717) is 0 Å². The molecule has 0 aliphatic heterocycles. The van der Waals surface area contributed by atoms with Crippen molar-refractivity contribution in [3.05, 3.63) is 0 Å². The van der Waals surface area contributed by atoms with Gasteiger partial charge in [-0.25, -0.2) is 0 Å². The van der Waals surface area contributed by atoms with Crippen LogP contribution >= 0.6 is 0 Å². The largest absolute Gasteiger partial charge is 0.279 e. The fourth-order valence-electron chi connectivity index (χ4n) is 0.475. The third-order valence-corrected chi connectivity index (χ3v) is 1.13. The van der Waals surface area contributed by atoms with Gasteiger partial charge in [-0.05, 0) is 17.6 Å². The van der Waals surface area contributed by atoms with E-state index in [-0.39, 0.29) is 6.73 Å². The smallest absolute Gasteiger partial charge is 0.140 e. The Morgan fingerprint density at radius 3 is 2.00 bits per heavy atom. The molecular formula is C5H12FNO. The summed E-state index contributed by atoms with van der Waals surface area (Å²) in [6.45, 7) is 5.68. The Morgan fingerprint density at radius 1 is 1.38 bits per heavy atom. The molecule has 0 atom stereocenters. The lowest BCUT2D eigenvalue weighted by Gasteiger charge is -2.13. The van der Waals surface area contributed by atoms with Gasteiger partial charge in [-0.3, -0.25) is 4.90 Å². The minimum Gasteiger partial charge on any atom is -0.279 e. The molecule has 0 spiro atoms. The molecule has 0 saturated carbocycles. The second-order valence-electron chi connectivity index (χ2n) is 1.54. The van der Waals surface area contributed by atoms with Crippen LogP contribution in [0.25, 0.3) is 0 Å². The van der Waals surface area contributed by atoms with Crippen molar-refractivity contribution in [2.24, 2.45) is 0 Å². The zero-order valence-electron chi connectivity index (χ0n) is 5.35. The number of hydrogen-bond donors (Lipinski definition) is 0. The molecule has 0 fully saturated rings. The van der Waals surface area contributed by atoms with Crippen LogP contribution in [0.5, 0.6) is 0 Å². The number of hydrogen-bond acceptors (Lipinski definition) is 2. The Bertz CT molecular complexity index is 47.7. The molecule has 0 heterocycles. The van der Waals surface area contributed by atoms with E-state index in [2.05, 4.69) is 4.94 Å². The first-order valence-electron chi connectivity index (χ1n) is 2.81. The predicted molar refractivity (Wildman–Crippen MR) is 30.0 cm³/mol. The van der Waals surface area contributed by atoms with Gasteiger partial charge in [0.2, 0.25) is 0 Å². The number of halogens is 1. The highest BCUT2D eigenvalue weighted by atomic mass is 19.3. The van der Waals surface area contributed by atoms with Crippen molar-refractivity contribution in [3.63, 3.8) is 0 Å². The standard InChI is InChI=1S/C5H12FNO/c1-3-7(4-2)5-8-6/h3-5H2,1-2H3. The van der Waals surface area contributed by atoms with Gasteiger partial charge < -0.3 is 0 Å². The molecule has 0 aromatic carbocycles. The highest BCUT2D eigenvalue weighted by molar-refractivity contribution is 4.40. The summed E-state index contributed by atoms with van der Waals surface area (Å²) in [5.41, 5.74) is 0. The lowest BCUT2D eigenvalue weighted by atomic mass is 10.6. The maximum atomic E-state index is 11.1. The van der Waals surface area contributed by atoms with E-state index in [1.807, 2.05) is 18.7 Å². The lowest BCUT2D eigenvalue weighted by molar-refractivity contribution is -0.171. The topological polar surface area (TPSA) is 12.5 Å². The second kappa shape index (κ2) is 5.00. The number of rotatable bonds is 4. The van der Waals surface area contributed by atoms with Crippen molar-refractivity contribution in [2.45, 2.75) is 13.8 Å². The van der Waals surface area contributed by atoms with E-state index in [1.54, 1.807) is 0 Å². The van der Waals surface area contributed by atoms with E-state index in [0.717, 1.165) is 13.1 Å². The van der Waals surface area contributed by atoms with Crippen LogP contribution in [0, 0.1) is 0 Å². The molecule has 0 radical (unpaired) electrons. The van der Waals surface area contributed by atoms with Crippen molar-refractivity contribution in [1.29, 1.82) is 0 Å². The van der Waals surface area contributed by atoms with Crippen molar-refractivity contribution in [3.8, 4) is 0 Å². The SMILES string of the molecule is CCN(CC)COF. The minimum absolute atomic E-state index is 0.0903. The monoisotopic (exact) mass is 121 g/mol. The van der Waals surface area contributed by atoms with E-state index in [4.69, 9.17) is 0 Å². The van der Waals surface area contributed by atoms with Gasteiger partial charge in [0.25, 0.3) is 0 Å². The van der Waals surface area contributed by atoms with Gasteiger partial charge in [0.1, 0.15) is 6.73 Å². The van der Waals surface area contributed by atoms with E-state index in [9.17, 15) is 4.53 Å². The molecule has 0 aromatic rings. The van der Waals surface area contributed by atoms with E-state index < -0.39 is 0 Å². The highest BCUT2D eigenvalue weighted by Gasteiger charge is 1.95. The van der Waals surface area contributed by atoms with Crippen LogP contribution in [0.2, 0.25) is 0 Å². The highest BCUT2D eigenvalue weighted by Crippen LogP contribution is 1.86. The quantitative estimate of drug-likeness (QED) is 0.518. The summed E-state index contributed by atoms with van der Waals surface area (Å²) in [6, 6.07) is 0. The first-order chi connectivity index (χ1) is 3.85. The summed E-state index contributed by atoms with van der Waals surface area (Å²) in [6.07, 6.45) is 0. The van der Waals surface area contributed by atoms with Crippen molar-refractivity contribution in [1.82, 2.24) is 4.90 Å². The first kappa shape index (κ1) is 7.85. The molecule has 0 unspecified atom stereocenters. The van der Waals surface area contributed by atoms with Crippen molar-refractivity contribution < 1.29 is 9.47 Å². The summed E-state index contributed by atoms with van der Waals surface area (Å²) < 4.78 is 11.1. The Labute approximate surface area is 49.1 Å². The van der Waals surface area contributed by atoms with E-state index >= 15 is 0 Å². The third-order valence-electron chi connectivity index (χ3n) is 1.13. The molecule has 0 aromatic heterocycles. The van der Waals surface area contributed by atoms with Crippen molar-refractivity contribution in [2.75, 3.05) is 19.8 Å². The molecule has 2 nitrogen and oxygen atoms in total. The maximum absolute atomic E-state index is 11.1. The van der Waals surface area contributed by atoms with Gasteiger partial charge >= 0.3 is 0 Å². The van der Waals surface area contributed by atoms with Crippen LogP contribution in [0.4, 0.5) is 4.53 Å². The van der Waals surface area contributed by atoms with Crippen LogP contribution < -0.4 is 0 Å². The third kappa shape index (κ3) is 2.93. The van der Waals surface area contributed by atoms with Crippen LogP contribution in [-0.2, 0) is 4.94 Å². The van der Waals surface area contributed by atoms with Crippen LogP contribution in [-0.4, -0.2) is 24.7 Å². The fourth-order valence-corrected chi connectivity index (χ4v) is 0.475. The zero-order valence-corrected chi connectivity index (χ0v) is 5.35. The van der Waals surface area contributed by atoms with Gasteiger partial charge in [0, 0.05) is 0 Å². The van der Waals surface area contributed by atoms with Gasteiger partial charge in [-0.15, -0.1) is 0 Å². The Morgan fingerprint density at radius 2 is 1.88 bits per heavy atom. The fraction of sp³-hybridized carbons (Fsp3) is 1.00. The minimum atomic E-state index is 0.0903. The van der Waals surface area contributed by atoms with Crippen LogP contribution in [0.1, 0.15) is 13.8 Å². The lowest BCUT2D eigenvalue weighted by Crippen LogP contribution is -2.24. The Hall–Kier alpha value is -0.150. The molecule has 0 bridgehead atoms. The molecule has 3 heteroatoms. The van der Waals surface area contributed by atoms with E-state index in [1.165, 1.54) is 0 Å². The Kier molecular flexibility index (Phi) is 4.90. The molecule has 0 aliphatic rings. The molecule has 0 rings (SSSR count). The zero-order chi connectivity index (χ0) is 6.41. The molecular weight excluding hydrogens is 109 g/mol. The second-order valence-corrected chi connectivity index (χ2v) is 1.54. The average Bonchev–Trinajstić information content (AvgIpc) is 1.83. The summed E-state index contributed by atoms with van der Waals surface area (Å²) >= 11 is 0. The van der Waals surface area contributed by atoms with Gasteiger partial charge in [0.05, 0.1) is 0 Å². The van der Waals surface area contributed by atoms with Gasteiger partial charge in [-0.2, -0.15) is 4.94 Å². The van der Waals surface area contributed by atoms with Crippen molar-refractivity contribution >= 4 is 0 Å². The predicted octanol–water partition coefficient (Wildman–Crippen LogP) is 1.19. The maximum Gasteiger partial charge on any atom is 0.140 e. The first-order valence-corrected chi connectivity index (χ1v) is 2.81. The molecule has 8 heavy (non-hydrogen) atoms. The Balaban J connectivity index is 3.07. The average molecular weight is 121 g/mol. The van der Waals surface area contributed by atoms with Gasteiger partial charge in [0.15, 0.2) is 0 Å². The van der Waals surface area contributed by atoms with Gasteiger partial charge in [-0.1, -0.05) is 13.8 Å². The molecule has 0 amide bonds. The molecule has 0 aliphatic carbocycles.